The SMILES string of the molecule is CC1CCN(C(=O)CN2CCCC(O)C2)c2ccccc2S1. The third-order valence-corrected chi connectivity index (χ3v) is 5.62. The summed E-state index contributed by atoms with van der Waals surface area (Å²) in [4.78, 5) is 18.0. The van der Waals surface area contributed by atoms with Crippen molar-refractivity contribution in [3.8, 4) is 0 Å². The fourth-order valence-corrected chi connectivity index (χ4v) is 4.31. The molecule has 2 aliphatic heterocycles. The molecule has 1 aromatic rings. The number of para-hydroxylation sites is 1. The third kappa shape index (κ3) is 3.65. The van der Waals surface area contributed by atoms with Crippen molar-refractivity contribution in [1.29, 1.82) is 0 Å². The first-order valence-corrected chi connectivity index (χ1v) is 8.98. The Morgan fingerprint density at radius 3 is 2.95 bits per heavy atom. The number of carbonyl (C=O) groups excluding carboxylic acids is 1. The first kappa shape index (κ1) is 15.8. The molecule has 0 bridgehead atoms. The highest BCUT2D eigenvalue weighted by molar-refractivity contribution is 8.00. The van der Waals surface area contributed by atoms with E-state index in [1.54, 1.807) is 0 Å². The second-order valence-corrected chi connectivity index (χ2v) is 7.74. The molecule has 0 radical (unpaired) electrons. The highest BCUT2D eigenvalue weighted by Crippen LogP contribution is 2.37. The lowest BCUT2D eigenvalue weighted by Gasteiger charge is -2.31. The number of benzene rings is 1. The zero-order valence-electron chi connectivity index (χ0n) is 13.1. The largest absolute Gasteiger partial charge is 0.392 e. The summed E-state index contributed by atoms with van der Waals surface area (Å²) in [5, 5.41) is 10.3. The van der Waals surface area contributed by atoms with Crippen molar-refractivity contribution in [3.63, 3.8) is 0 Å². The molecule has 2 atom stereocenters. The van der Waals surface area contributed by atoms with Crippen molar-refractivity contribution in [2.45, 2.75) is 42.4 Å². The van der Waals surface area contributed by atoms with Crippen molar-refractivity contribution < 1.29 is 9.90 Å². The van der Waals surface area contributed by atoms with Crippen molar-refractivity contribution >= 4 is 23.4 Å². The van der Waals surface area contributed by atoms with Crippen molar-refractivity contribution in [2.24, 2.45) is 0 Å². The van der Waals surface area contributed by atoms with Gasteiger partial charge in [-0.3, -0.25) is 9.69 Å². The van der Waals surface area contributed by atoms with Crippen LogP contribution < -0.4 is 4.90 Å². The summed E-state index contributed by atoms with van der Waals surface area (Å²) in [7, 11) is 0. The van der Waals surface area contributed by atoms with Gasteiger partial charge < -0.3 is 10.0 Å². The molecule has 0 aliphatic carbocycles. The number of nitrogens with zero attached hydrogens (tertiary/aromatic N) is 2. The summed E-state index contributed by atoms with van der Waals surface area (Å²) in [5.41, 5.74) is 1.04. The van der Waals surface area contributed by atoms with Crippen LogP contribution in [0.4, 0.5) is 5.69 Å². The van der Waals surface area contributed by atoms with E-state index >= 15 is 0 Å². The number of piperidine rings is 1. The number of aliphatic hydroxyl groups is 1. The van der Waals surface area contributed by atoms with E-state index in [1.807, 2.05) is 34.9 Å². The summed E-state index contributed by atoms with van der Waals surface area (Å²) in [6.07, 6.45) is 2.55. The van der Waals surface area contributed by atoms with Gasteiger partial charge in [-0.1, -0.05) is 19.1 Å². The molecule has 3 rings (SSSR count). The maximum Gasteiger partial charge on any atom is 0.241 e. The van der Waals surface area contributed by atoms with Crippen LogP contribution in [0.5, 0.6) is 0 Å². The fraction of sp³-hybridized carbons (Fsp3) is 0.588. The van der Waals surface area contributed by atoms with E-state index in [1.165, 1.54) is 4.90 Å². The Balaban J connectivity index is 1.74. The molecule has 1 aromatic carbocycles. The van der Waals surface area contributed by atoms with Crippen LogP contribution in [-0.4, -0.2) is 53.4 Å². The molecule has 22 heavy (non-hydrogen) atoms. The maximum absolute atomic E-state index is 12.8. The maximum atomic E-state index is 12.8. The predicted octanol–water partition coefficient (Wildman–Crippen LogP) is 2.36. The average molecular weight is 320 g/mol. The Bertz CT molecular complexity index is 537. The van der Waals surface area contributed by atoms with E-state index in [2.05, 4.69) is 17.9 Å². The Labute approximate surface area is 136 Å². The molecule has 4 nitrogen and oxygen atoms in total. The zero-order chi connectivity index (χ0) is 15.5. The summed E-state index contributed by atoms with van der Waals surface area (Å²) >= 11 is 1.85. The number of fused-ring (bicyclic) bond motifs is 1. The van der Waals surface area contributed by atoms with Gasteiger partial charge in [0.25, 0.3) is 0 Å². The Hall–Kier alpha value is -1.04. The summed E-state index contributed by atoms with van der Waals surface area (Å²) in [6.45, 7) is 4.93. The molecule has 2 aliphatic rings. The highest BCUT2D eigenvalue weighted by Gasteiger charge is 2.26. The molecular weight excluding hydrogens is 296 g/mol. The lowest BCUT2D eigenvalue weighted by Crippen LogP contribution is -2.46. The van der Waals surface area contributed by atoms with Crippen LogP contribution in [0.3, 0.4) is 0 Å². The van der Waals surface area contributed by atoms with Crippen LogP contribution in [0.2, 0.25) is 0 Å². The van der Waals surface area contributed by atoms with Gasteiger partial charge in [0, 0.05) is 23.2 Å². The number of thioether (sulfide) groups is 1. The van der Waals surface area contributed by atoms with Crippen LogP contribution in [0.25, 0.3) is 0 Å². The number of hydrogen-bond donors (Lipinski definition) is 1. The fourth-order valence-electron chi connectivity index (χ4n) is 3.20. The third-order valence-electron chi connectivity index (χ3n) is 4.38. The van der Waals surface area contributed by atoms with Crippen LogP contribution in [0, 0.1) is 0 Å². The summed E-state index contributed by atoms with van der Waals surface area (Å²) in [6, 6.07) is 8.18. The van der Waals surface area contributed by atoms with Gasteiger partial charge in [0.2, 0.25) is 5.91 Å². The number of likely N-dealkylation sites (tertiary alicyclic amines) is 1. The zero-order valence-corrected chi connectivity index (χ0v) is 13.9. The first-order valence-electron chi connectivity index (χ1n) is 8.10. The van der Waals surface area contributed by atoms with E-state index in [4.69, 9.17) is 0 Å². The van der Waals surface area contributed by atoms with E-state index in [9.17, 15) is 9.90 Å². The first-order chi connectivity index (χ1) is 10.6. The molecule has 5 heteroatoms. The van der Waals surface area contributed by atoms with Crippen LogP contribution >= 0.6 is 11.8 Å². The molecule has 0 saturated carbocycles. The molecule has 2 unspecified atom stereocenters. The van der Waals surface area contributed by atoms with Crippen LogP contribution in [0.1, 0.15) is 26.2 Å². The Morgan fingerprint density at radius 1 is 1.32 bits per heavy atom. The van der Waals surface area contributed by atoms with E-state index in [0.717, 1.165) is 38.0 Å². The topological polar surface area (TPSA) is 43.8 Å². The molecule has 2 heterocycles. The van der Waals surface area contributed by atoms with Crippen LogP contribution in [-0.2, 0) is 4.79 Å². The van der Waals surface area contributed by atoms with Crippen LogP contribution in [0.15, 0.2) is 29.2 Å². The lowest BCUT2D eigenvalue weighted by molar-refractivity contribution is -0.120. The number of carbonyl (C=O) groups is 1. The Kier molecular flexibility index (Phi) is 5.06. The lowest BCUT2D eigenvalue weighted by atomic mass is 10.1. The van der Waals surface area contributed by atoms with Gasteiger partial charge in [0.15, 0.2) is 0 Å². The van der Waals surface area contributed by atoms with Gasteiger partial charge in [-0.15, -0.1) is 11.8 Å². The molecule has 1 N–H and O–H groups in total. The van der Waals surface area contributed by atoms with Crippen molar-refractivity contribution in [1.82, 2.24) is 4.90 Å². The quantitative estimate of drug-likeness (QED) is 0.908. The van der Waals surface area contributed by atoms with Gasteiger partial charge in [-0.05, 0) is 37.9 Å². The number of hydrogen-bond acceptors (Lipinski definition) is 4. The molecular formula is C17H24N2O2S. The van der Waals surface area contributed by atoms with E-state index in [-0.39, 0.29) is 12.0 Å². The number of β-amino-alcohol motifs (C(OH)–C–C–N with tert-alkyl or cyclic N) is 1. The smallest absolute Gasteiger partial charge is 0.241 e. The minimum atomic E-state index is -0.284. The number of rotatable bonds is 2. The second kappa shape index (κ2) is 7.02. The molecule has 120 valence electrons. The van der Waals surface area contributed by atoms with E-state index in [0.29, 0.717) is 18.3 Å². The van der Waals surface area contributed by atoms with Gasteiger partial charge in [0.1, 0.15) is 0 Å². The van der Waals surface area contributed by atoms with Gasteiger partial charge in [-0.2, -0.15) is 0 Å². The number of amides is 1. The molecule has 1 amide bonds. The van der Waals surface area contributed by atoms with Crippen molar-refractivity contribution in [3.05, 3.63) is 24.3 Å². The molecule has 1 saturated heterocycles. The molecule has 0 aromatic heterocycles. The standard InChI is InChI=1S/C17H24N2O2S/c1-13-8-10-19(15-6-2-3-7-16(15)22-13)17(21)12-18-9-4-5-14(20)11-18/h2-3,6-7,13-14,20H,4-5,8-12H2,1H3. The Morgan fingerprint density at radius 2 is 2.14 bits per heavy atom. The van der Waals surface area contributed by atoms with E-state index < -0.39 is 0 Å². The summed E-state index contributed by atoms with van der Waals surface area (Å²) < 4.78 is 0. The minimum Gasteiger partial charge on any atom is -0.392 e. The van der Waals surface area contributed by atoms with Gasteiger partial charge >= 0.3 is 0 Å². The normalized spacial score (nSPS) is 26.4. The predicted molar refractivity (Wildman–Crippen MR) is 90.4 cm³/mol. The monoisotopic (exact) mass is 320 g/mol. The highest BCUT2D eigenvalue weighted by atomic mass is 32.2. The molecule has 0 spiro atoms. The number of anilines is 1. The number of aliphatic hydroxyl groups excluding tert-OH is 1. The molecule has 1 fully saturated rings. The van der Waals surface area contributed by atoms with Gasteiger partial charge in [0.05, 0.1) is 18.3 Å². The van der Waals surface area contributed by atoms with Crippen molar-refractivity contribution in [2.75, 3.05) is 31.1 Å². The average Bonchev–Trinajstić information content (AvgIpc) is 2.65. The minimum absolute atomic E-state index is 0.149. The summed E-state index contributed by atoms with van der Waals surface area (Å²) in [5.74, 6) is 0.149. The van der Waals surface area contributed by atoms with Gasteiger partial charge in [-0.25, -0.2) is 0 Å². The second-order valence-electron chi connectivity index (χ2n) is 6.26.